The van der Waals surface area contributed by atoms with Gasteiger partial charge in [0.1, 0.15) is 0 Å². The third-order valence-electron chi connectivity index (χ3n) is 4.53. The first-order valence-corrected chi connectivity index (χ1v) is 12.0. The van der Waals surface area contributed by atoms with E-state index in [0.717, 1.165) is 32.1 Å². The van der Waals surface area contributed by atoms with Gasteiger partial charge in [0.05, 0.1) is 37.3 Å². The number of rotatable bonds is 17. The molecule has 0 aliphatic heterocycles. The van der Waals surface area contributed by atoms with Gasteiger partial charge in [-0.25, -0.2) is 8.42 Å². The van der Waals surface area contributed by atoms with E-state index in [0.29, 0.717) is 30.4 Å². The van der Waals surface area contributed by atoms with Gasteiger partial charge < -0.3 is 19.5 Å². The number of amides is 1. The van der Waals surface area contributed by atoms with Gasteiger partial charge in [-0.15, -0.1) is 0 Å². The van der Waals surface area contributed by atoms with E-state index in [-0.39, 0.29) is 12.5 Å². The summed E-state index contributed by atoms with van der Waals surface area (Å²) in [5, 5.41) is 14.6. The third kappa shape index (κ3) is 18.4. The fourth-order valence-electron chi connectivity index (χ4n) is 3.11. The van der Waals surface area contributed by atoms with E-state index >= 15 is 0 Å². The zero-order chi connectivity index (χ0) is 21.5. The number of nitrogens with one attached hydrogen (secondary N) is 1. The molecule has 0 aromatic heterocycles. The van der Waals surface area contributed by atoms with Gasteiger partial charge in [0.25, 0.3) is 0 Å². The zero-order valence-corrected chi connectivity index (χ0v) is 18.6. The van der Waals surface area contributed by atoms with Crippen LogP contribution in [0.2, 0.25) is 0 Å². The monoisotopic (exact) mass is 419 g/mol. The maximum absolute atomic E-state index is 11.8. The van der Waals surface area contributed by atoms with Gasteiger partial charge >= 0.3 is 0 Å². The number of hydrogen-bond acceptors (Lipinski definition) is 5. The van der Waals surface area contributed by atoms with Crippen molar-refractivity contribution in [3.63, 3.8) is 0 Å². The second-order valence-corrected chi connectivity index (χ2v) is 9.53. The van der Waals surface area contributed by atoms with Gasteiger partial charge in [-0.05, 0) is 25.7 Å². The Morgan fingerprint density at radius 2 is 1.71 bits per heavy atom. The average molecular weight is 420 g/mol. The van der Waals surface area contributed by atoms with Crippen LogP contribution in [0.1, 0.15) is 64.7 Å². The molecule has 1 amide bonds. The van der Waals surface area contributed by atoms with Gasteiger partial charge in [0.2, 0.25) is 5.91 Å². The van der Waals surface area contributed by atoms with Crippen molar-refractivity contribution in [3.8, 4) is 0 Å². The molecule has 0 rings (SSSR count). The Morgan fingerprint density at radius 3 is 2.36 bits per heavy atom. The number of carbonyl (C=O) groups excluding carboxylic acids is 1. The topological polar surface area (TPSA) is 109 Å². The Balaban J connectivity index is 3.71. The summed E-state index contributed by atoms with van der Waals surface area (Å²) >= 11 is 0. The molecule has 1 N–H and O–H groups in total. The minimum Gasteiger partial charge on any atom is -0.847 e. The second kappa shape index (κ2) is 15.0. The van der Waals surface area contributed by atoms with Gasteiger partial charge in [0.15, 0.2) is 0 Å². The van der Waals surface area contributed by atoms with Crippen LogP contribution in [0.25, 0.3) is 0 Å². The molecule has 166 valence electrons. The van der Waals surface area contributed by atoms with Crippen LogP contribution in [0.5, 0.6) is 0 Å². The predicted octanol–water partition coefficient (Wildman–Crippen LogP) is 1.54. The molecule has 0 radical (unpaired) electrons. The molecular formula is C20H39N2O5S-. The normalized spacial score (nSPS) is 13.8. The van der Waals surface area contributed by atoms with Crippen molar-refractivity contribution in [1.82, 2.24) is 5.32 Å². The molecule has 0 aliphatic rings. The lowest BCUT2D eigenvalue weighted by Crippen LogP contribution is -2.52. The summed E-state index contributed by atoms with van der Waals surface area (Å²) in [7, 11) is -0.842. The van der Waals surface area contributed by atoms with Gasteiger partial charge in [-0.3, -0.25) is 4.79 Å². The summed E-state index contributed by atoms with van der Waals surface area (Å²) in [4.78, 5) is 11.8. The average Bonchev–Trinajstić information content (AvgIpc) is 2.55. The lowest BCUT2D eigenvalue weighted by atomic mass is 10.1. The molecule has 0 aromatic carbocycles. The van der Waals surface area contributed by atoms with Crippen molar-refractivity contribution in [2.45, 2.75) is 70.8 Å². The summed E-state index contributed by atoms with van der Waals surface area (Å²) in [5.74, 6) is -0.823. The first-order valence-electron chi connectivity index (χ1n) is 10.4. The largest absolute Gasteiger partial charge is 0.847 e. The quantitative estimate of drug-likeness (QED) is 0.166. The van der Waals surface area contributed by atoms with Crippen LogP contribution >= 0.6 is 0 Å². The summed E-state index contributed by atoms with van der Waals surface area (Å²) < 4.78 is 32.3. The van der Waals surface area contributed by atoms with Crippen molar-refractivity contribution in [1.29, 1.82) is 0 Å². The van der Waals surface area contributed by atoms with Crippen LogP contribution in [0, 0.1) is 0 Å². The maximum atomic E-state index is 11.8. The van der Waals surface area contributed by atoms with Crippen LogP contribution < -0.4 is 10.4 Å². The Kier molecular flexibility index (Phi) is 14.4. The SMILES string of the molecule is CC/C=C/CCCCCCCC(=O)NCCC[N+](C)(C)CC([O-])CS(=O)(=O)[O-]. The molecule has 0 saturated carbocycles. The fourth-order valence-corrected chi connectivity index (χ4v) is 3.67. The smallest absolute Gasteiger partial charge is 0.219 e. The van der Waals surface area contributed by atoms with Crippen LogP contribution in [-0.4, -0.2) is 68.9 Å². The van der Waals surface area contributed by atoms with Crippen molar-refractivity contribution >= 4 is 16.0 Å². The van der Waals surface area contributed by atoms with Crippen LogP contribution in [0.4, 0.5) is 0 Å². The van der Waals surface area contributed by atoms with Gasteiger partial charge in [-0.1, -0.05) is 44.4 Å². The second-order valence-electron chi connectivity index (χ2n) is 8.08. The first-order chi connectivity index (χ1) is 13.1. The number of hydrogen-bond donors (Lipinski definition) is 1. The summed E-state index contributed by atoms with van der Waals surface area (Å²) in [6, 6.07) is 0. The molecule has 0 aromatic rings. The first kappa shape index (κ1) is 27.0. The lowest BCUT2D eigenvalue weighted by molar-refractivity contribution is -0.899. The van der Waals surface area contributed by atoms with E-state index < -0.39 is 22.0 Å². The number of carbonyl (C=O) groups is 1. The van der Waals surface area contributed by atoms with Crippen molar-refractivity contribution in [2.24, 2.45) is 0 Å². The fraction of sp³-hybridized carbons (Fsp3) is 0.850. The molecule has 0 spiro atoms. The summed E-state index contributed by atoms with van der Waals surface area (Å²) in [6.45, 7) is 3.37. The molecule has 1 atom stereocenters. The molecule has 0 bridgehead atoms. The molecule has 1 unspecified atom stereocenters. The van der Waals surface area contributed by atoms with Crippen LogP contribution in [0.3, 0.4) is 0 Å². The summed E-state index contributed by atoms with van der Waals surface area (Å²) in [6.07, 6.45) is 12.0. The molecule has 28 heavy (non-hydrogen) atoms. The number of likely N-dealkylation sites (N-methyl/N-ethyl adjacent to an activating group) is 1. The van der Waals surface area contributed by atoms with E-state index in [2.05, 4.69) is 24.4 Å². The molecule has 0 aliphatic carbocycles. The highest BCUT2D eigenvalue weighted by Crippen LogP contribution is 2.08. The highest BCUT2D eigenvalue weighted by Gasteiger charge is 2.17. The zero-order valence-electron chi connectivity index (χ0n) is 17.8. The van der Waals surface area contributed by atoms with E-state index in [1.807, 2.05) is 14.1 Å². The standard InChI is InChI=1S/C20H40N2O5S/c1-4-5-6-7-8-9-10-11-12-14-20(24)21-15-13-16-22(2,3)17-19(23)18-28(25,26)27/h5-6,19H,4,7-18H2,1-3H3,(H,21,24)(H,25,26,27)/p-1/b6-5+. The molecule has 7 nitrogen and oxygen atoms in total. The minimum atomic E-state index is -4.49. The summed E-state index contributed by atoms with van der Waals surface area (Å²) in [5.41, 5.74) is 0. The van der Waals surface area contributed by atoms with Crippen molar-refractivity contribution < 1.29 is 27.4 Å². The molecule has 0 heterocycles. The minimum absolute atomic E-state index is 0.0512. The highest BCUT2D eigenvalue weighted by molar-refractivity contribution is 7.85. The van der Waals surface area contributed by atoms with E-state index in [9.17, 15) is 22.9 Å². The predicted molar refractivity (Wildman–Crippen MR) is 110 cm³/mol. The molecular weight excluding hydrogens is 380 g/mol. The van der Waals surface area contributed by atoms with Gasteiger partial charge in [0, 0.05) is 25.1 Å². The Bertz CT molecular complexity index is 547. The number of nitrogens with zero attached hydrogens (tertiary/aromatic N) is 1. The number of unbranched alkanes of at least 4 members (excludes halogenated alkanes) is 5. The van der Waals surface area contributed by atoms with Crippen LogP contribution in [-0.2, 0) is 14.9 Å². The Labute approximate surface area is 171 Å². The van der Waals surface area contributed by atoms with Crippen molar-refractivity contribution in [2.75, 3.05) is 39.5 Å². The van der Waals surface area contributed by atoms with Crippen LogP contribution in [0.15, 0.2) is 12.2 Å². The van der Waals surface area contributed by atoms with E-state index in [1.165, 1.54) is 12.8 Å². The third-order valence-corrected chi connectivity index (χ3v) is 5.31. The number of allylic oxidation sites excluding steroid dienone is 2. The van der Waals surface area contributed by atoms with E-state index in [1.54, 1.807) is 0 Å². The Hall–Kier alpha value is -0.960. The van der Waals surface area contributed by atoms with Crippen molar-refractivity contribution in [3.05, 3.63) is 12.2 Å². The maximum Gasteiger partial charge on any atom is 0.219 e. The lowest BCUT2D eigenvalue weighted by Gasteiger charge is -2.36. The Morgan fingerprint density at radius 1 is 1.07 bits per heavy atom. The van der Waals surface area contributed by atoms with Gasteiger partial charge in [-0.2, -0.15) is 0 Å². The van der Waals surface area contributed by atoms with E-state index in [4.69, 9.17) is 0 Å². The molecule has 0 fully saturated rings. The molecule has 0 saturated heterocycles. The number of quaternary nitrogens is 1. The highest BCUT2D eigenvalue weighted by atomic mass is 32.2. The molecule has 8 heteroatoms.